The standard InChI is InChI=1S/C20H26ClN5O4/c1-4-5-10-22-19-23-17-16(18(28)25(3)20(29)24(17)2)26(19)11-13(27)12-30-15-9-7-6-8-14(15)21/h6-9,13,16,27H,4-5,10-12H2,1-3H3/p+1. The number of amidine groups is 1. The van der Waals surface area contributed by atoms with Gasteiger partial charge < -0.3 is 9.84 Å². The fourth-order valence-electron chi connectivity index (χ4n) is 3.34. The predicted molar refractivity (Wildman–Crippen MR) is 113 cm³/mol. The number of fused-ring (bicyclic) bond motifs is 1. The number of aliphatic imine (C=N–C) groups is 1. The Morgan fingerprint density at radius 2 is 2.03 bits per heavy atom. The van der Waals surface area contributed by atoms with Gasteiger partial charge in [0.05, 0.1) is 18.1 Å². The number of aliphatic hydroxyl groups is 1. The maximum atomic E-state index is 12.8. The fraction of sp³-hybridized carbons (Fsp3) is 0.500. The van der Waals surface area contributed by atoms with Crippen LogP contribution in [0.15, 0.2) is 29.3 Å². The zero-order valence-electron chi connectivity index (χ0n) is 17.3. The van der Waals surface area contributed by atoms with E-state index < -0.39 is 18.2 Å². The molecule has 0 radical (unpaired) electrons. The normalized spacial score (nSPS) is 19.8. The van der Waals surface area contributed by atoms with Gasteiger partial charge in [0.25, 0.3) is 5.91 Å². The molecule has 162 valence electrons. The highest BCUT2D eigenvalue weighted by molar-refractivity contribution is 6.32. The second kappa shape index (κ2) is 9.44. The second-order valence-corrected chi connectivity index (χ2v) is 7.67. The van der Waals surface area contributed by atoms with Crippen molar-refractivity contribution in [2.75, 3.05) is 33.8 Å². The summed E-state index contributed by atoms with van der Waals surface area (Å²) in [5, 5.41) is 14.3. The number of halogens is 1. The minimum Gasteiger partial charge on any atom is -0.489 e. The van der Waals surface area contributed by atoms with Crippen molar-refractivity contribution < 1.29 is 24.0 Å². The molecule has 0 saturated carbocycles. The molecular formula is C20H27ClN5O4+. The molecule has 2 unspecified atom stereocenters. The number of nitrogens with one attached hydrogen (secondary N) is 1. The van der Waals surface area contributed by atoms with E-state index in [0.29, 0.717) is 29.1 Å². The van der Waals surface area contributed by atoms with Gasteiger partial charge in [-0.25, -0.2) is 9.37 Å². The van der Waals surface area contributed by atoms with Gasteiger partial charge in [0, 0.05) is 14.1 Å². The number of amides is 3. The van der Waals surface area contributed by atoms with E-state index in [1.165, 1.54) is 11.9 Å². The van der Waals surface area contributed by atoms with E-state index in [1.54, 1.807) is 35.9 Å². The molecule has 1 aromatic rings. The van der Waals surface area contributed by atoms with Gasteiger partial charge in [-0.05, 0) is 18.6 Å². The summed E-state index contributed by atoms with van der Waals surface area (Å²) >= 11 is 6.09. The first kappa shape index (κ1) is 22.0. The molecule has 0 bridgehead atoms. The molecule has 1 saturated heterocycles. The lowest BCUT2D eigenvalue weighted by atomic mass is 10.1. The van der Waals surface area contributed by atoms with Crippen LogP contribution in [0, 0.1) is 0 Å². The van der Waals surface area contributed by atoms with Crippen LogP contribution in [0.5, 0.6) is 5.75 Å². The van der Waals surface area contributed by atoms with Crippen LogP contribution in [-0.2, 0) is 4.79 Å². The van der Waals surface area contributed by atoms with E-state index in [-0.39, 0.29) is 19.1 Å². The number of carbonyl (C=O) groups is 2. The highest BCUT2D eigenvalue weighted by Crippen LogP contribution is 2.23. The van der Waals surface area contributed by atoms with Gasteiger partial charge in [0.15, 0.2) is 0 Å². The molecule has 2 heterocycles. The number of para-hydroxylation sites is 1. The molecular weight excluding hydrogens is 410 g/mol. The number of carbonyl (C=O) groups excluding carboxylic acids is 2. The first-order valence-electron chi connectivity index (χ1n) is 9.91. The smallest absolute Gasteiger partial charge is 0.390 e. The lowest BCUT2D eigenvalue weighted by Gasteiger charge is -2.32. The highest BCUT2D eigenvalue weighted by Gasteiger charge is 2.51. The lowest BCUT2D eigenvalue weighted by molar-refractivity contribution is -0.545. The molecule has 2 atom stereocenters. The number of β-amino-alcohol motifs (C(OH)–C–C–N with tert-alkyl or cyclic N) is 1. The number of hydrogen-bond acceptors (Lipinski definition) is 6. The van der Waals surface area contributed by atoms with Gasteiger partial charge in [0.2, 0.25) is 11.9 Å². The number of hydrogen-bond donors (Lipinski definition) is 2. The van der Waals surface area contributed by atoms with E-state index >= 15 is 0 Å². The van der Waals surface area contributed by atoms with E-state index in [1.807, 2.05) is 0 Å². The topological polar surface area (TPSA) is 97.5 Å². The molecule has 2 aliphatic heterocycles. The Kier molecular flexibility index (Phi) is 6.94. The van der Waals surface area contributed by atoms with Crippen LogP contribution in [0.2, 0.25) is 5.02 Å². The number of guanidine groups is 1. The van der Waals surface area contributed by atoms with Crippen LogP contribution in [0.4, 0.5) is 4.79 Å². The highest BCUT2D eigenvalue weighted by atomic mass is 35.5. The van der Waals surface area contributed by atoms with E-state index in [0.717, 1.165) is 17.7 Å². The average Bonchev–Trinajstić information content (AvgIpc) is 3.08. The van der Waals surface area contributed by atoms with Crippen molar-refractivity contribution >= 4 is 35.3 Å². The average molecular weight is 437 g/mol. The molecule has 1 fully saturated rings. The minimum atomic E-state index is -0.917. The zero-order chi connectivity index (χ0) is 21.8. The maximum Gasteiger partial charge on any atom is 0.390 e. The number of benzene rings is 1. The second-order valence-electron chi connectivity index (χ2n) is 7.26. The third-order valence-electron chi connectivity index (χ3n) is 5.02. The number of nitrogens with zero attached hydrogens (tertiary/aromatic N) is 4. The van der Waals surface area contributed by atoms with Crippen LogP contribution in [0.25, 0.3) is 0 Å². The van der Waals surface area contributed by atoms with E-state index in [9.17, 15) is 14.7 Å². The Balaban J connectivity index is 1.78. The van der Waals surface area contributed by atoms with E-state index in [2.05, 4.69) is 17.2 Å². The summed E-state index contributed by atoms with van der Waals surface area (Å²) in [6.45, 7) is 2.83. The molecule has 1 aromatic carbocycles. The zero-order valence-corrected chi connectivity index (χ0v) is 18.1. The van der Waals surface area contributed by atoms with Crippen molar-refractivity contribution in [2.24, 2.45) is 4.99 Å². The molecule has 0 spiro atoms. The van der Waals surface area contributed by atoms with Crippen molar-refractivity contribution in [1.82, 2.24) is 15.1 Å². The Bertz CT molecular complexity index is 888. The minimum absolute atomic E-state index is 0.0106. The molecule has 2 N–H and O–H groups in total. The van der Waals surface area contributed by atoms with Gasteiger partial charge >= 0.3 is 12.0 Å². The largest absolute Gasteiger partial charge is 0.489 e. The monoisotopic (exact) mass is 436 g/mol. The van der Waals surface area contributed by atoms with Crippen LogP contribution >= 0.6 is 11.6 Å². The number of imide groups is 1. The Hall–Kier alpha value is -2.65. The number of unbranched alkanes of at least 4 members (excludes halogenated alkanes) is 1. The molecule has 10 heteroatoms. The molecule has 30 heavy (non-hydrogen) atoms. The summed E-state index contributed by atoms with van der Waals surface area (Å²) in [6, 6.07) is 5.79. The predicted octanol–water partition coefficient (Wildman–Crippen LogP) is 1.14. The number of ether oxygens (including phenoxy) is 1. The maximum absolute atomic E-state index is 12.8. The number of urea groups is 1. The molecule has 3 amide bonds. The number of likely N-dealkylation sites (N-methyl/N-ethyl adjacent to an activating group) is 2. The first-order chi connectivity index (χ1) is 14.3. The van der Waals surface area contributed by atoms with Gasteiger partial charge in [-0.3, -0.25) is 19.9 Å². The summed E-state index contributed by atoms with van der Waals surface area (Å²) in [5.41, 5.74) is 0. The Morgan fingerprint density at radius 1 is 1.30 bits per heavy atom. The summed E-state index contributed by atoms with van der Waals surface area (Å²) in [7, 11) is 3.02. The van der Waals surface area contributed by atoms with Crippen LogP contribution in [0.1, 0.15) is 19.8 Å². The number of aliphatic hydroxyl groups excluding tert-OH is 1. The van der Waals surface area contributed by atoms with Crippen molar-refractivity contribution in [3.8, 4) is 5.75 Å². The fourth-order valence-corrected chi connectivity index (χ4v) is 3.53. The number of rotatable bonds is 8. The lowest BCUT2D eigenvalue weighted by Crippen LogP contribution is -2.62. The van der Waals surface area contributed by atoms with E-state index in [4.69, 9.17) is 16.3 Å². The molecule has 2 aliphatic rings. The van der Waals surface area contributed by atoms with Crippen LogP contribution < -0.4 is 10.1 Å². The summed E-state index contributed by atoms with van der Waals surface area (Å²) < 4.78 is 7.32. The Morgan fingerprint density at radius 3 is 2.73 bits per heavy atom. The van der Waals surface area contributed by atoms with Gasteiger partial charge in [-0.1, -0.05) is 42.1 Å². The van der Waals surface area contributed by atoms with Crippen molar-refractivity contribution in [1.29, 1.82) is 0 Å². The summed E-state index contributed by atoms with van der Waals surface area (Å²) in [5.74, 6) is 0.897. The molecule has 0 aliphatic carbocycles. The van der Waals surface area contributed by atoms with Crippen molar-refractivity contribution in [3.05, 3.63) is 29.3 Å². The molecule has 9 nitrogen and oxygen atoms in total. The Labute approximate surface area is 180 Å². The van der Waals surface area contributed by atoms with Crippen molar-refractivity contribution in [2.45, 2.75) is 31.9 Å². The molecule has 0 aromatic heterocycles. The van der Waals surface area contributed by atoms with Crippen LogP contribution in [0.3, 0.4) is 0 Å². The summed E-state index contributed by atoms with van der Waals surface area (Å²) in [6.07, 6.45) is 1.00. The van der Waals surface area contributed by atoms with Gasteiger partial charge in [-0.2, -0.15) is 0 Å². The SMILES string of the molecule is CCCCNC1=[N+](CC(O)COc2ccccc2Cl)C2C(=O)N(C)C(=O)N(C)C2=N1. The van der Waals surface area contributed by atoms with Crippen molar-refractivity contribution in [3.63, 3.8) is 0 Å². The quantitative estimate of drug-likeness (QED) is 0.470. The third-order valence-corrected chi connectivity index (χ3v) is 5.33. The van der Waals surface area contributed by atoms with Gasteiger partial charge in [0.1, 0.15) is 18.5 Å². The van der Waals surface area contributed by atoms with Crippen LogP contribution in [-0.4, -0.2) is 89.2 Å². The molecule has 3 rings (SSSR count). The first-order valence-corrected chi connectivity index (χ1v) is 10.3. The summed E-state index contributed by atoms with van der Waals surface area (Å²) in [4.78, 5) is 32.1. The third kappa shape index (κ3) is 4.41. The van der Waals surface area contributed by atoms with Gasteiger partial charge in [-0.15, -0.1) is 0 Å².